The van der Waals surface area contributed by atoms with Gasteiger partial charge in [-0.05, 0) is 68.1 Å². The first-order chi connectivity index (χ1) is 7.72. The van der Waals surface area contributed by atoms with E-state index in [9.17, 15) is 0 Å². The van der Waals surface area contributed by atoms with Crippen LogP contribution in [-0.2, 0) is 0 Å². The molecule has 92 valence electrons. The van der Waals surface area contributed by atoms with Crippen LogP contribution in [-0.4, -0.2) is 5.38 Å². The van der Waals surface area contributed by atoms with E-state index < -0.39 is 0 Å². The predicted octanol–water partition coefficient (Wildman–Crippen LogP) is 5.00. The molecule has 0 nitrogen and oxygen atoms in total. The van der Waals surface area contributed by atoms with Crippen LogP contribution < -0.4 is 0 Å². The largest absolute Gasteiger partial charge is 0.122 e. The molecule has 4 bridgehead atoms. The third kappa shape index (κ3) is 1.82. The molecule has 0 saturated heterocycles. The number of halogens is 1. The van der Waals surface area contributed by atoms with Crippen molar-refractivity contribution in [2.24, 2.45) is 23.2 Å². The fourth-order valence-corrected chi connectivity index (χ4v) is 5.67. The van der Waals surface area contributed by atoms with Crippen molar-refractivity contribution in [3.8, 4) is 0 Å². The molecule has 1 heteroatoms. The smallest absolute Gasteiger partial charge is 0.0392 e. The van der Waals surface area contributed by atoms with Crippen LogP contribution >= 0.6 is 11.6 Å². The molecular weight excluding hydrogens is 216 g/mol. The number of alkyl halides is 1. The third-order valence-electron chi connectivity index (χ3n) is 5.56. The van der Waals surface area contributed by atoms with Gasteiger partial charge in [0, 0.05) is 5.38 Å². The standard InChI is InChI=1S/C15H25Cl/c1-2-3-4-14(16)15-8-11-5-12(9-15)7-13(6-11)10-15/h11-14H,2-10H2,1H3. The summed E-state index contributed by atoms with van der Waals surface area (Å²) in [6.45, 7) is 2.28. The summed E-state index contributed by atoms with van der Waals surface area (Å²) in [5, 5.41) is 0.487. The van der Waals surface area contributed by atoms with E-state index in [-0.39, 0.29) is 0 Å². The number of unbranched alkanes of at least 4 members (excludes halogenated alkanes) is 1. The molecule has 0 aliphatic heterocycles. The minimum absolute atomic E-state index is 0.487. The minimum Gasteiger partial charge on any atom is -0.122 e. The van der Waals surface area contributed by atoms with Crippen LogP contribution in [0.2, 0.25) is 0 Å². The fraction of sp³-hybridized carbons (Fsp3) is 1.00. The van der Waals surface area contributed by atoms with E-state index in [2.05, 4.69) is 6.92 Å². The van der Waals surface area contributed by atoms with Crippen LogP contribution in [0.4, 0.5) is 0 Å². The topological polar surface area (TPSA) is 0 Å². The molecule has 4 saturated carbocycles. The monoisotopic (exact) mass is 240 g/mol. The summed E-state index contributed by atoms with van der Waals surface area (Å²) in [6.07, 6.45) is 12.9. The van der Waals surface area contributed by atoms with E-state index in [1.54, 1.807) is 0 Å². The van der Waals surface area contributed by atoms with Gasteiger partial charge in [-0.15, -0.1) is 11.6 Å². The molecule has 4 aliphatic carbocycles. The highest BCUT2D eigenvalue weighted by molar-refractivity contribution is 6.21. The highest BCUT2D eigenvalue weighted by atomic mass is 35.5. The van der Waals surface area contributed by atoms with E-state index in [4.69, 9.17) is 11.6 Å². The van der Waals surface area contributed by atoms with Gasteiger partial charge in [0.15, 0.2) is 0 Å². The van der Waals surface area contributed by atoms with Gasteiger partial charge in [0.2, 0.25) is 0 Å². The molecule has 0 radical (unpaired) electrons. The lowest BCUT2D eigenvalue weighted by molar-refractivity contribution is -0.0557. The summed E-state index contributed by atoms with van der Waals surface area (Å²) < 4.78 is 0. The van der Waals surface area contributed by atoms with Crippen molar-refractivity contribution in [2.45, 2.75) is 70.1 Å². The first-order valence-electron chi connectivity index (χ1n) is 7.36. The average molecular weight is 241 g/mol. The Kier molecular flexibility index (Phi) is 2.98. The lowest BCUT2D eigenvalue weighted by atomic mass is 9.48. The molecule has 4 rings (SSSR count). The predicted molar refractivity (Wildman–Crippen MR) is 69.8 cm³/mol. The van der Waals surface area contributed by atoms with Crippen LogP contribution in [0, 0.1) is 23.2 Å². The number of hydrogen-bond donors (Lipinski definition) is 0. The lowest BCUT2D eigenvalue weighted by Crippen LogP contribution is -2.50. The maximum absolute atomic E-state index is 6.78. The Morgan fingerprint density at radius 2 is 1.56 bits per heavy atom. The summed E-state index contributed by atoms with van der Waals surface area (Å²) in [5.41, 5.74) is 0.575. The van der Waals surface area contributed by atoms with Gasteiger partial charge in [0.25, 0.3) is 0 Å². The first-order valence-corrected chi connectivity index (χ1v) is 7.79. The summed E-state index contributed by atoms with van der Waals surface area (Å²) >= 11 is 6.78. The molecular formula is C15H25Cl. The Hall–Kier alpha value is 0.290. The zero-order chi connectivity index (χ0) is 11.2. The van der Waals surface area contributed by atoms with Crippen LogP contribution in [0.5, 0.6) is 0 Å². The minimum atomic E-state index is 0.487. The number of rotatable bonds is 4. The molecule has 1 unspecified atom stereocenters. The summed E-state index contributed by atoms with van der Waals surface area (Å²) in [7, 11) is 0. The van der Waals surface area contributed by atoms with E-state index in [1.807, 2.05) is 0 Å². The van der Waals surface area contributed by atoms with Gasteiger partial charge in [-0.25, -0.2) is 0 Å². The molecule has 0 spiro atoms. The van der Waals surface area contributed by atoms with Crippen LogP contribution in [0.15, 0.2) is 0 Å². The highest BCUT2D eigenvalue weighted by Gasteiger charge is 2.53. The van der Waals surface area contributed by atoms with Crippen molar-refractivity contribution < 1.29 is 0 Å². The molecule has 16 heavy (non-hydrogen) atoms. The van der Waals surface area contributed by atoms with E-state index in [1.165, 1.54) is 57.8 Å². The first kappa shape index (κ1) is 11.4. The Balaban J connectivity index is 1.72. The lowest BCUT2D eigenvalue weighted by Gasteiger charge is -2.58. The normalized spacial score (nSPS) is 47.2. The third-order valence-corrected chi connectivity index (χ3v) is 6.24. The van der Waals surface area contributed by atoms with Crippen molar-refractivity contribution in [3.05, 3.63) is 0 Å². The van der Waals surface area contributed by atoms with Crippen molar-refractivity contribution in [1.82, 2.24) is 0 Å². The average Bonchev–Trinajstić information content (AvgIpc) is 2.24. The maximum atomic E-state index is 6.78. The van der Waals surface area contributed by atoms with Crippen molar-refractivity contribution >= 4 is 11.6 Å². The van der Waals surface area contributed by atoms with Gasteiger partial charge >= 0.3 is 0 Å². The second-order valence-electron chi connectivity index (χ2n) is 6.89. The van der Waals surface area contributed by atoms with Crippen molar-refractivity contribution in [1.29, 1.82) is 0 Å². The van der Waals surface area contributed by atoms with Crippen LogP contribution in [0.3, 0.4) is 0 Å². The van der Waals surface area contributed by atoms with E-state index >= 15 is 0 Å². The fourth-order valence-electron chi connectivity index (χ4n) is 5.25. The Morgan fingerprint density at radius 1 is 1.06 bits per heavy atom. The van der Waals surface area contributed by atoms with Gasteiger partial charge in [-0.3, -0.25) is 0 Å². The van der Waals surface area contributed by atoms with Crippen molar-refractivity contribution in [3.63, 3.8) is 0 Å². The van der Waals surface area contributed by atoms with Gasteiger partial charge in [-0.1, -0.05) is 19.8 Å². The Bertz CT molecular complexity index is 223. The Morgan fingerprint density at radius 3 is 2.00 bits per heavy atom. The quantitative estimate of drug-likeness (QED) is 0.607. The highest BCUT2D eigenvalue weighted by Crippen LogP contribution is 2.62. The van der Waals surface area contributed by atoms with E-state index in [0.29, 0.717) is 10.8 Å². The molecule has 0 aromatic heterocycles. The molecule has 1 atom stereocenters. The van der Waals surface area contributed by atoms with Gasteiger partial charge in [0.05, 0.1) is 0 Å². The molecule has 4 aliphatic rings. The maximum Gasteiger partial charge on any atom is 0.0392 e. The zero-order valence-corrected chi connectivity index (χ0v) is 11.3. The molecule has 4 fully saturated rings. The van der Waals surface area contributed by atoms with Gasteiger partial charge in [-0.2, -0.15) is 0 Å². The molecule has 0 amide bonds. The van der Waals surface area contributed by atoms with Crippen LogP contribution in [0.25, 0.3) is 0 Å². The van der Waals surface area contributed by atoms with E-state index in [0.717, 1.165) is 17.8 Å². The SMILES string of the molecule is CCCCC(Cl)C12CC3CC(CC(C3)C1)C2. The second-order valence-corrected chi connectivity index (χ2v) is 7.42. The summed E-state index contributed by atoms with van der Waals surface area (Å²) in [6, 6.07) is 0. The Labute approximate surface area is 105 Å². The molecule has 0 heterocycles. The van der Waals surface area contributed by atoms with Gasteiger partial charge < -0.3 is 0 Å². The van der Waals surface area contributed by atoms with Crippen molar-refractivity contribution in [2.75, 3.05) is 0 Å². The molecule has 0 aromatic carbocycles. The second kappa shape index (κ2) is 4.19. The molecule has 0 N–H and O–H groups in total. The number of hydrogen-bond acceptors (Lipinski definition) is 0. The molecule has 0 aromatic rings. The summed E-state index contributed by atoms with van der Waals surface area (Å²) in [4.78, 5) is 0. The summed E-state index contributed by atoms with van der Waals surface area (Å²) in [5.74, 6) is 3.15. The van der Waals surface area contributed by atoms with Gasteiger partial charge in [0.1, 0.15) is 0 Å². The zero-order valence-electron chi connectivity index (χ0n) is 10.6. The van der Waals surface area contributed by atoms with Crippen LogP contribution in [0.1, 0.15) is 64.7 Å².